The average Bonchev–Trinajstić information content (AvgIpc) is 3.19. The molecule has 0 aliphatic carbocycles. The van der Waals surface area contributed by atoms with Gasteiger partial charge in [-0.15, -0.1) is 0 Å². The van der Waals surface area contributed by atoms with Crippen molar-refractivity contribution >= 4 is 29.1 Å². The van der Waals surface area contributed by atoms with Crippen LogP contribution in [-0.2, 0) is 9.53 Å². The van der Waals surface area contributed by atoms with Crippen molar-refractivity contribution in [2.24, 2.45) is 4.99 Å². The van der Waals surface area contributed by atoms with Crippen LogP contribution in [0.15, 0.2) is 63.5 Å². The normalized spacial score (nSPS) is 15.3. The number of aromatic nitrogens is 1. The Bertz CT molecular complexity index is 1510. The first kappa shape index (κ1) is 26.4. The van der Waals surface area contributed by atoms with Crippen LogP contribution < -0.4 is 24.5 Å². The lowest BCUT2D eigenvalue weighted by Gasteiger charge is -2.24. The van der Waals surface area contributed by atoms with E-state index in [0.29, 0.717) is 26.4 Å². The van der Waals surface area contributed by atoms with E-state index in [1.165, 1.54) is 11.3 Å². The summed E-state index contributed by atoms with van der Waals surface area (Å²) in [5, 5.41) is 0. The number of hydrogen-bond acceptors (Lipinski definition) is 7. The minimum Gasteiger partial charge on any atom is -0.496 e. The van der Waals surface area contributed by atoms with E-state index < -0.39 is 12.0 Å². The molecule has 1 aliphatic rings. The highest BCUT2D eigenvalue weighted by Crippen LogP contribution is 2.31. The highest BCUT2D eigenvalue weighted by molar-refractivity contribution is 7.07. The fraction of sp³-hybridized carbons (Fsp3) is 0.345. The molecule has 0 unspecified atom stereocenters. The monoisotopic (exact) mass is 519 g/mol. The van der Waals surface area contributed by atoms with Crippen LogP contribution in [0.5, 0.6) is 5.75 Å². The molecule has 1 atom stereocenters. The van der Waals surface area contributed by atoms with E-state index in [9.17, 15) is 9.59 Å². The zero-order valence-electron chi connectivity index (χ0n) is 22.2. The number of benzene rings is 2. The first-order valence-corrected chi connectivity index (χ1v) is 13.3. The Morgan fingerprint density at radius 1 is 1.11 bits per heavy atom. The van der Waals surface area contributed by atoms with Gasteiger partial charge in [-0.3, -0.25) is 9.36 Å². The smallest absolute Gasteiger partial charge is 0.338 e. The minimum absolute atomic E-state index is 0.210. The maximum Gasteiger partial charge on any atom is 0.338 e. The van der Waals surface area contributed by atoms with Crippen LogP contribution in [0, 0.1) is 6.92 Å². The second kappa shape index (κ2) is 11.2. The fourth-order valence-corrected chi connectivity index (χ4v) is 5.64. The number of thiazole rings is 1. The summed E-state index contributed by atoms with van der Waals surface area (Å²) in [4.78, 5) is 34.3. The lowest BCUT2D eigenvalue weighted by Crippen LogP contribution is -2.39. The molecule has 0 saturated carbocycles. The molecule has 0 fully saturated rings. The maximum atomic E-state index is 13.8. The summed E-state index contributed by atoms with van der Waals surface area (Å²) in [5.41, 5.74) is 4.51. The number of allylic oxidation sites excluding steroid dienone is 1. The summed E-state index contributed by atoms with van der Waals surface area (Å²) in [7, 11) is 1.63. The third-order valence-corrected chi connectivity index (χ3v) is 7.53. The SMILES string of the molecule is CCOC(=O)C1=C(C)N=c2s/c(=C/c3ccc(N(CC)CC)cc3OC)c(=O)n2[C@@H]1c1ccc(C)cc1. The predicted molar refractivity (Wildman–Crippen MR) is 148 cm³/mol. The van der Waals surface area contributed by atoms with Crippen molar-refractivity contribution in [3.63, 3.8) is 0 Å². The van der Waals surface area contributed by atoms with Gasteiger partial charge in [-0.05, 0) is 58.4 Å². The molecule has 8 heteroatoms. The minimum atomic E-state index is -0.620. The molecular weight excluding hydrogens is 486 g/mol. The van der Waals surface area contributed by atoms with E-state index in [1.54, 1.807) is 25.5 Å². The van der Waals surface area contributed by atoms with Crippen molar-refractivity contribution < 1.29 is 14.3 Å². The molecule has 0 bridgehead atoms. The number of hydrogen-bond donors (Lipinski definition) is 0. The molecule has 0 radical (unpaired) electrons. The Balaban J connectivity index is 1.90. The summed E-state index contributed by atoms with van der Waals surface area (Å²) in [5.74, 6) is 0.228. The van der Waals surface area contributed by atoms with Crippen LogP contribution in [0.1, 0.15) is 50.4 Å². The van der Waals surface area contributed by atoms with Crippen LogP contribution in [0.4, 0.5) is 5.69 Å². The number of fused-ring (bicyclic) bond motifs is 1. The summed E-state index contributed by atoms with van der Waals surface area (Å²) in [6.07, 6.45) is 1.84. The number of carbonyl (C=O) groups is 1. The highest BCUT2D eigenvalue weighted by Gasteiger charge is 2.33. The van der Waals surface area contributed by atoms with E-state index in [0.717, 1.165) is 35.5 Å². The van der Waals surface area contributed by atoms with Gasteiger partial charge in [0.05, 0.1) is 35.6 Å². The molecule has 0 saturated heterocycles. The Morgan fingerprint density at radius 2 is 1.81 bits per heavy atom. The Kier molecular flexibility index (Phi) is 7.97. The van der Waals surface area contributed by atoms with Crippen molar-refractivity contribution in [1.29, 1.82) is 0 Å². The molecule has 2 aromatic carbocycles. The van der Waals surface area contributed by atoms with Gasteiger partial charge < -0.3 is 14.4 Å². The van der Waals surface area contributed by atoms with Crippen molar-refractivity contribution in [1.82, 2.24) is 4.57 Å². The lowest BCUT2D eigenvalue weighted by molar-refractivity contribution is -0.139. The lowest BCUT2D eigenvalue weighted by atomic mass is 9.95. The van der Waals surface area contributed by atoms with Gasteiger partial charge in [0, 0.05) is 30.4 Å². The molecule has 0 spiro atoms. The number of carbonyl (C=O) groups excluding carboxylic acids is 1. The van der Waals surface area contributed by atoms with Gasteiger partial charge in [-0.25, -0.2) is 9.79 Å². The van der Waals surface area contributed by atoms with Gasteiger partial charge in [0.2, 0.25) is 0 Å². The zero-order chi connectivity index (χ0) is 26.7. The molecule has 3 aromatic rings. The molecule has 1 aliphatic heterocycles. The molecule has 2 heterocycles. The standard InChI is InChI=1S/C29H33N3O4S/c1-7-31(8-2)22-15-14-21(23(17-22)35-6)16-24-27(33)32-26(20-12-10-18(4)11-13-20)25(28(34)36-9-3)19(5)30-29(32)37-24/h10-17,26H,7-9H2,1-6H3/b24-16+/t26-/m1/s1. The predicted octanol–water partition coefficient (Wildman–Crippen LogP) is 3.96. The molecule has 1 aromatic heterocycles. The number of anilines is 1. The van der Waals surface area contributed by atoms with Gasteiger partial charge in [-0.1, -0.05) is 41.2 Å². The Labute approximate surface area is 221 Å². The quantitative estimate of drug-likeness (QED) is 0.421. The second-order valence-corrected chi connectivity index (χ2v) is 9.82. The van der Waals surface area contributed by atoms with E-state index in [2.05, 4.69) is 23.7 Å². The van der Waals surface area contributed by atoms with Crippen LogP contribution in [0.25, 0.3) is 6.08 Å². The third kappa shape index (κ3) is 5.11. The van der Waals surface area contributed by atoms with Crippen molar-refractivity contribution in [2.45, 2.75) is 40.7 Å². The van der Waals surface area contributed by atoms with Crippen LogP contribution in [-0.4, -0.2) is 37.3 Å². The van der Waals surface area contributed by atoms with Crippen LogP contribution in [0.3, 0.4) is 0 Å². The molecule has 194 valence electrons. The number of ether oxygens (including phenoxy) is 2. The molecule has 0 N–H and O–H groups in total. The third-order valence-electron chi connectivity index (χ3n) is 6.54. The summed E-state index contributed by atoms with van der Waals surface area (Å²) in [6, 6.07) is 13.2. The Hall–Kier alpha value is -3.65. The van der Waals surface area contributed by atoms with Gasteiger partial charge in [0.25, 0.3) is 5.56 Å². The largest absolute Gasteiger partial charge is 0.496 e. The average molecular weight is 520 g/mol. The zero-order valence-corrected chi connectivity index (χ0v) is 23.0. The topological polar surface area (TPSA) is 73.1 Å². The van der Waals surface area contributed by atoms with Crippen molar-refractivity contribution in [2.75, 3.05) is 31.7 Å². The number of esters is 1. The maximum absolute atomic E-state index is 13.8. The van der Waals surface area contributed by atoms with Gasteiger partial charge in [0.15, 0.2) is 4.80 Å². The van der Waals surface area contributed by atoms with Crippen molar-refractivity contribution in [3.8, 4) is 5.75 Å². The van der Waals surface area contributed by atoms with Crippen LogP contribution in [0.2, 0.25) is 0 Å². The molecule has 4 rings (SSSR count). The van der Waals surface area contributed by atoms with E-state index in [4.69, 9.17) is 9.47 Å². The van der Waals surface area contributed by atoms with Gasteiger partial charge in [0.1, 0.15) is 5.75 Å². The fourth-order valence-electron chi connectivity index (χ4n) is 4.60. The van der Waals surface area contributed by atoms with E-state index in [-0.39, 0.29) is 12.2 Å². The van der Waals surface area contributed by atoms with E-state index >= 15 is 0 Å². The molecular formula is C29H33N3O4S. The first-order chi connectivity index (χ1) is 17.8. The Morgan fingerprint density at radius 3 is 2.43 bits per heavy atom. The van der Waals surface area contributed by atoms with Gasteiger partial charge >= 0.3 is 5.97 Å². The number of nitrogens with zero attached hydrogens (tertiary/aromatic N) is 3. The molecule has 37 heavy (non-hydrogen) atoms. The number of methoxy groups -OCH3 is 1. The number of rotatable bonds is 8. The summed E-state index contributed by atoms with van der Waals surface area (Å²) >= 11 is 1.30. The number of aryl methyl sites for hydroxylation is 1. The van der Waals surface area contributed by atoms with Crippen molar-refractivity contribution in [3.05, 3.63) is 90.1 Å². The van der Waals surface area contributed by atoms with E-state index in [1.807, 2.05) is 55.5 Å². The first-order valence-electron chi connectivity index (χ1n) is 12.5. The molecule has 7 nitrogen and oxygen atoms in total. The van der Waals surface area contributed by atoms with Crippen LogP contribution >= 0.6 is 11.3 Å². The highest BCUT2D eigenvalue weighted by atomic mass is 32.1. The summed E-state index contributed by atoms with van der Waals surface area (Å²) < 4.78 is 13.2. The molecule has 0 amide bonds. The second-order valence-electron chi connectivity index (χ2n) is 8.81. The van der Waals surface area contributed by atoms with Gasteiger partial charge in [-0.2, -0.15) is 0 Å². The summed E-state index contributed by atoms with van der Waals surface area (Å²) in [6.45, 7) is 11.8.